The maximum absolute atomic E-state index is 5.65. The third-order valence-corrected chi connectivity index (χ3v) is 1.89. The summed E-state index contributed by atoms with van der Waals surface area (Å²) in [7, 11) is 3.61. The van der Waals surface area contributed by atoms with Crippen molar-refractivity contribution in [3.8, 4) is 11.4 Å². The van der Waals surface area contributed by atoms with Crippen LogP contribution in [-0.2, 0) is 14.1 Å². The van der Waals surface area contributed by atoms with E-state index < -0.39 is 0 Å². The second-order valence-corrected chi connectivity index (χ2v) is 2.82. The monoisotopic (exact) mass is 178 g/mol. The lowest BCUT2D eigenvalue weighted by Gasteiger charge is -1.93. The molecule has 0 spiro atoms. The Balaban J connectivity index is 2.53. The van der Waals surface area contributed by atoms with Crippen LogP contribution in [0.4, 0.5) is 5.82 Å². The van der Waals surface area contributed by atoms with Crippen molar-refractivity contribution >= 4 is 5.82 Å². The van der Waals surface area contributed by atoms with E-state index in [0.29, 0.717) is 5.82 Å². The van der Waals surface area contributed by atoms with Crippen LogP contribution in [0.15, 0.2) is 12.3 Å². The fraction of sp³-hybridized carbons (Fsp3) is 0.286. The van der Waals surface area contributed by atoms with Crippen LogP contribution in [-0.4, -0.2) is 24.8 Å². The fourth-order valence-corrected chi connectivity index (χ4v) is 1.13. The molecule has 0 amide bonds. The van der Waals surface area contributed by atoms with Gasteiger partial charge in [-0.15, -0.1) is 5.10 Å². The van der Waals surface area contributed by atoms with E-state index in [1.807, 2.05) is 7.05 Å². The average Bonchev–Trinajstić information content (AvgIpc) is 2.60. The van der Waals surface area contributed by atoms with Crippen molar-refractivity contribution in [2.45, 2.75) is 0 Å². The molecule has 0 aliphatic heterocycles. The van der Waals surface area contributed by atoms with Gasteiger partial charge in [0, 0.05) is 20.2 Å². The molecule has 0 fully saturated rings. The highest BCUT2D eigenvalue weighted by Gasteiger charge is 2.08. The van der Waals surface area contributed by atoms with Gasteiger partial charge in [-0.1, -0.05) is 5.21 Å². The molecule has 2 aromatic rings. The molecule has 6 nitrogen and oxygen atoms in total. The van der Waals surface area contributed by atoms with Crippen molar-refractivity contribution in [3.05, 3.63) is 12.3 Å². The van der Waals surface area contributed by atoms with Gasteiger partial charge < -0.3 is 5.73 Å². The van der Waals surface area contributed by atoms with E-state index in [1.165, 1.54) is 0 Å². The maximum atomic E-state index is 5.65. The summed E-state index contributed by atoms with van der Waals surface area (Å²) < 4.78 is 3.27. The van der Waals surface area contributed by atoms with Crippen molar-refractivity contribution in [1.82, 2.24) is 24.8 Å². The Kier molecular flexibility index (Phi) is 1.54. The highest BCUT2D eigenvalue weighted by Crippen LogP contribution is 2.17. The number of nitrogens with two attached hydrogens (primary N) is 1. The second-order valence-electron chi connectivity index (χ2n) is 2.82. The zero-order valence-corrected chi connectivity index (χ0v) is 7.47. The average molecular weight is 178 g/mol. The van der Waals surface area contributed by atoms with Crippen LogP contribution in [0.3, 0.4) is 0 Å². The van der Waals surface area contributed by atoms with Gasteiger partial charge in [0.15, 0.2) is 0 Å². The molecule has 6 heteroatoms. The Morgan fingerprint density at radius 3 is 2.54 bits per heavy atom. The molecule has 0 unspecified atom stereocenters. The number of nitrogen functional groups attached to an aromatic ring is 1. The molecule has 0 radical (unpaired) electrons. The van der Waals surface area contributed by atoms with Gasteiger partial charge in [-0.05, 0) is 0 Å². The topological polar surface area (TPSA) is 74.5 Å². The highest BCUT2D eigenvalue weighted by atomic mass is 15.4. The number of aryl methyl sites for hydroxylation is 2. The van der Waals surface area contributed by atoms with Crippen molar-refractivity contribution in [3.63, 3.8) is 0 Å². The van der Waals surface area contributed by atoms with Crippen molar-refractivity contribution in [2.24, 2.45) is 14.1 Å². The third kappa shape index (κ3) is 1.16. The van der Waals surface area contributed by atoms with Gasteiger partial charge in [0.05, 0.1) is 6.20 Å². The summed E-state index contributed by atoms with van der Waals surface area (Å²) in [5.41, 5.74) is 7.29. The first kappa shape index (κ1) is 7.78. The van der Waals surface area contributed by atoms with Crippen LogP contribution in [0.2, 0.25) is 0 Å². The molecular formula is C7H10N6. The fourth-order valence-electron chi connectivity index (χ4n) is 1.13. The van der Waals surface area contributed by atoms with Gasteiger partial charge in [-0.3, -0.25) is 4.68 Å². The summed E-state index contributed by atoms with van der Waals surface area (Å²) in [4.78, 5) is 0. The quantitative estimate of drug-likeness (QED) is 0.656. The highest BCUT2D eigenvalue weighted by molar-refractivity contribution is 5.57. The van der Waals surface area contributed by atoms with Crippen LogP contribution in [0.1, 0.15) is 0 Å². The SMILES string of the molecule is Cn1nc(-c2cnnn2C)cc1N. The normalized spacial score (nSPS) is 10.6. The van der Waals surface area contributed by atoms with Crippen molar-refractivity contribution in [1.29, 1.82) is 0 Å². The predicted octanol–water partition coefficient (Wildman–Crippen LogP) is -0.202. The molecule has 0 atom stereocenters. The second kappa shape index (κ2) is 2.58. The minimum absolute atomic E-state index is 0.621. The van der Waals surface area contributed by atoms with Crippen LogP contribution >= 0.6 is 0 Å². The van der Waals surface area contributed by atoms with Crippen LogP contribution in [0.25, 0.3) is 11.4 Å². The molecule has 0 saturated carbocycles. The standard InChI is InChI=1S/C7H10N6/c1-12-6(4-9-11-12)5-3-7(8)13(2)10-5/h3-4H,8H2,1-2H3. The van der Waals surface area contributed by atoms with Gasteiger partial charge in [0.1, 0.15) is 17.2 Å². The van der Waals surface area contributed by atoms with Gasteiger partial charge >= 0.3 is 0 Å². The van der Waals surface area contributed by atoms with E-state index in [4.69, 9.17) is 5.73 Å². The molecule has 2 N–H and O–H groups in total. The summed E-state index contributed by atoms with van der Waals surface area (Å²) in [5, 5.41) is 11.8. The molecule has 0 bridgehead atoms. The number of anilines is 1. The lowest BCUT2D eigenvalue weighted by Crippen LogP contribution is -1.97. The van der Waals surface area contributed by atoms with Crippen LogP contribution in [0.5, 0.6) is 0 Å². The Hall–Kier alpha value is -1.85. The molecule has 2 aromatic heterocycles. The summed E-state index contributed by atoms with van der Waals surface area (Å²) in [6.07, 6.45) is 1.65. The number of nitrogens with zero attached hydrogens (tertiary/aromatic N) is 5. The first-order chi connectivity index (χ1) is 6.18. The predicted molar refractivity (Wildman–Crippen MR) is 47.6 cm³/mol. The van der Waals surface area contributed by atoms with E-state index in [2.05, 4.69) is 15.4 Å². The minimum Gasteiger partial charge on any atom is -0.384 e. The Bertz CT molecular complexity index is 406. The molecule has 0 aromatic carbocycles. The smallest absolute Gasteiger partial charge is 0.122 e. The van der Waals surface area contributed by atoms with E-state index >= 15 is 0 Å². The van der Waals surface area contributed by atoms with Gasteiger partial charge in [0.2, 0.25) is 0 Å². The number of aromatic nitrogens is 5. The zero-order valence-electron chi connectivity index (χ0n) is 7.47. The van der Waals surface area contributed by atoms with Gasteiger partial charge in [0.25, 0.3) is 0 Å². The number of hydrogen-bond donors (Lipinski definition) is 1. The molecule has 0 aliphatic carbocycles. The molecular weight excluding hydrogens is 168 g/mol. The summed E-state index contributed by atoms with van der Waals surface area (Å²) in [5.74, 6) is 0.621. The van der Waals surface area contributed by atoms with Crippen molar-refractivity contribution < 1.29 is 0 Å². The number of rotatable bonds is 1. The molecule has 2 rings (SSSR count). The summed E-state index contributed by atoms with van der Waals surface area (Å²) >= 11 is 0. The van der Waals surface area contributed by atoms with Gasteiger partial charge in [-0.2, -0.15) is 5.10 Å². The lowest BCUT2D eigenvalue weighted by molar-refractivity contribution is 0.714. The lowest BCUT2D eigenvalue weighted by atomic mass is 10.3. The zero-order chi connectivity index (χ0) is 9.42. The van der Waals surface area contributed by atoms with E-state index in [1.54, 1.807) is 28.7 Å². The van der Waals surface area contributed by atoms with E-state index in [-0.39, 0.29) is 0 Å². The van der Waals surface area contributed by atoms with Gasteiger partial charge in [-0.25, -0.2) is 4.68 Å². The van der Waals surface area contributed by atoms with E-state index in [0.717, 1.165) is 11.4 Å². The molecule has 2 heterocycles. The first-order valence-electron chi connectivity index (χ1n) is 3.83. The van der Waals surface area contributed by atoms with Crippen molar-refractivity contribution in [2.75, 3.05) is 5.73 Å². The number of hydrogen-bond acceptors (Lipinski definition) is 4. The Morgan fingerprint density at radius 1 is 1.31 bits per heavy atom. The summed E-state index contributed by atoms with van der Waals surface area (Å²) in [6, 6.07) is 1.79. The maximum Gasteiger partial charge on any atom is 0.122 e. The first-order valence-corrected chi connectivity index (χ1v) is 3.83. The molecule has 0 saturated heterocycles. The minimum atomic E-state index is 0.621. The third-order valence-electron chi connectivity index (χ3n) is 1.89. The molecule has 13 heavy (non-hydrogen) atoms. The van der Waals surface area contributed by atoms with Crippen LogP contribution in [0, 0.1) is 0 Å². The Morgan fingerprint density at radius 2 is 2.08 bits per heavy atom. The largest absolute Gasteiger partial charge is 0.384 e. The van der Waals surface area contributed by atoms with E-state index in [9.17, 15) is 0 Å². The Labute approximate surface area is 75.0 Å². The summed E-state index contributed by atoms with van der Waals surface area (Å²) in [6.45, 7) is 0. The van der Waals surface area contributed by atoms with Crippen LogP contribution < -0.4 is 5.73 Å². The molecule has 68 valence electrons. The molecule has 0 aliphatic rings.